The first kappa shape index (κ1) is 18.0. The number of hydrogen-bond acceptors (Lipinski definition) is 4. The molecule has 1 aliphatic heterocycles. The summed E-state index contributed by atoms with van der Waals surface area (Å²) < 4.78 is 0. The molecule has 0 radical (unpaired) electrons. The molecule has 1 aliphatic rings. The lowest BCUT2D eigenvalue weighted by Gasteiger charge is -2.31. The van der Waals surface area contributed by atoms with Gasteiger partial charge in [0.25, 0.3) is 5.91 Å². The molecule has 3 heterocycles. The van der Waals surface area contributed by atoms with Crippen LogP contribution in [0.15, 0.2) is 42.7 Å². The number of pyridine rings is 2. The zero-order chi connectivity index (χ0) is 18.5. The van der Waals surface area contributed by atoms with Crippen LogP contribution in [-0.2, 0) is 4.79 Å². The van der Waals surface area contributed by atoms with E-state index in [9.17, 15) is 9.59 Å². The minimum Gasteiger partial charge on any atom is -0.349 e. The van der Waals surface area contributed by atoms with Crippen LogP contribution in [0.5, 0.6) is 0 Å². The monoisotopic (exact) mass is 352 g/mol. The predicted molar refractivity (Wildman–Crippen MR) is 98.4 cm³/mol. The molecule has 6 heteroatoms. The smallest absolute Gasteiger partial charge is 0.272 e. The molecule has 1 N–H and O–H groups in total. The molecule has 1 fully saturated rings. The van der Waals surface area contributed by atoms with E-state index in [0.717, 1.165) is 11.3 Å². The summed E-state index contributed by atoms with van der Waals surface area (Å²) in [6, 6.07) is 9.17. The minimum atomic E-state index is -0.0798. The Balaban J connectivity index is 1.52. The maximum Gasteiger partial charge on any atom is 0.272 e. The number of nitrogens with zero attached hydrogens (tertiary/aromatic N) is 3. The molecular formula is C20H24N4O2. The summed E-state index contributed by atoms with van der Waals surface area (Å²) in [4.78, 5) is 35.1. The Morgan fingerprint density at radius 2 is 1.92 bits per heavy atom. The Labute approximate surface area is 153 Å². The Hall–Kier alpha value is -2.76. The highest BCUT2D eigenvalue weighted by Crippen LogP contribution is 2.20. The van der Waals surface area contributed by atoms with Crippen molar-refractivity contribution in [2.75, 3.05) is 13.1 Å². The third-order valence-corrected chi connectivity index (χ3v) is 4.83. The fourth-order valence-electron chi connectivity index (χ4n) is 3.15. The maximum absolute atomic E-state index is 12.5. The first-order valence-corrected chi connectivity index (χ1v) is 8.98. The van der Waals surface area contributed by atoms with Crippen LogP contribution in [-0.4, -0.2) is 39.8 Å². The van der Waals surface area contributed by atoms with Crippen molar-refractivity contribution in [1.29, 1.82) is 0 Å². The maximum atomic E-state index is 12.5. The third kappa shape index (κ3) is 4.25. The van der Waals surface area contributed by atoms with Crippen LogP contribution in [0.25, 0.3) is 0 Å². The number of carbonyl (C=O) groups is 2. The zero-order valence-corrected chi connectivity index (χ0v) is 15.2. The Morgan fingerprint density at radius 1 is 1.15 bits per heavy atom. The van der Waals surface area contributed by atoms with Crippen molar-refractivity contribution in [3.05, 3.63) is 59.7 Å². The molecule has 1 atom stereocenters. The van der Waals surface area contributed by atoms with Crippen LogP contribution in [0.4, 0.5) is 0 Å². The van der Waals surface area contributed by atoms with Crippen LogP contribution in [0.1, 0.15) is 47.6 Å². The van der Waals surface area contributed by atoms with Crippen LogP contribution in [0.3, 0.4) is 0 Å². The van der Waals surface area contributed by atoms with Gasteiger partial charge in [0.2, 0.25) is 5.91 Å². The molecule has 26 heavy (non-hydrogen) atoms. The highest BCUT2D eigenvalue weighted by Gasteiger charge is 2.28. The van der Waals surface area contributed by atoms with Gasteiger partial charge in [-0.25, -0.2) is 0 Å². The first-order valence-electron chi connectivity index (χ1n) is 8.98. The van der Waals surface area contributed by atoms with E-state index in [2.05, 4.69) is 15.3 Å². The van der Waals surface area contributed by atoms with Crippen molar-refractivity contribution >= 4 is 11.8 Å². The molecule has 0 aliphatic carbocycles. The van der Waals surface area contributed by atoms with Crippen molar-refractivity contribution in [2.45, 2.75) is 32.7 Å². The van der Waals surface area contributed by atoms with Gasteiger partial charge in [0.05, 0.1) is 6.04 Å². The molecule has 0 bridgehead atoms. The molecule has 0 saturated carbocycles. The summed E-state index contributed by atoms with van der Waals surface area (Å²) in [5.41, 5.74) is 2.40. The lowest BCUT2D eigenvalue weighted by Crippen LogP contribution is -2.43. The first-order chi connectivity index (χ1) is 12.5. The third-order valence-electron chi connectivity index (χ3n) is 4.83. The highest BCUT2D eigenvalue weighted by atomic mass is 16.2. The minimum absolute atomic E-state index is 0.0445. The van der Waals surface area contributed by atoms with Crippen molar-refractivity contribution in [2.24, 2.45) is 5.92 Å². The number of rotatable bonds is 4. The molecule has 1 unspecified atom stereocenters. The van der Waals surface area contributed by atoms with Gasteiger partial charge in [0, 0.05) is 37.1 Å². The number of aryl methyl sites for hydroxylation is 1. The fourth-order valence-corrected chi connectivity index (χ4v) is 3.15. The summed E-state index contributed by atoms with van der Waals surface area (Å²) in [5, 5.41) is 3.07. The Morgan fingerprint density at radius 3 is 2.54 bits per heavy atom. The SMILES string of the molecule is Cc1ccc(C(C)NC(=O)C2CCN(C(=O)c3ccccn3)CC2)cn1. The highest BCUT2D eigenvalue weighted by molar-refractivity contribution is 5.92. The number of aromatic nitrogens is 2. The van der Waals surface area contributed by atoms with E-state index in [-0.39, 0.29) is 23.8 Å². The van der Waals surface area contributed by atoms with Crippen molar-refractivity contribution in [1.82, 2.24) is 20.2 Å². The van der Waals surface area contributed by atoms with E-state index in [1.165, 1.54) is 0 Å². The number of hydrogen-bond donors (Lipinski definition) is 1. The molecular weight excluding hydrogens is 328 g/mol. The zero-order valence-electron chi connectivity index (χ0n) is 15.2. The topological polar surface area (TPSA) is 75.2 Å². The Kier molecular flexibility index (Phi) is 5.61. The van der Waals surface area contributed by atoms with Crippen LogP contribution < -0.4 is 5.32 Å². The van der Waals surface area contributed by atoms with E-state index >= 15 is 0 Å². The van der Waals surface area contributed by atoms with Crippen LogP contribution >= 0.6 is 0 Å². The average Bonchev–Trinajstić information content (AvgIpc) is 2.68. The molecule has 2 aromatic rings. The largest absolute Gasteiger partial charge is 0.349 e. The van der Waals surface area contributed by atoms with Gasteiger partial charge >= 0.3 is 0 Å². The normalized spacial score (nSPS) is 16.2. The number of nitrogens with one attached hydrogen (secondary N) is 1. The molecule has 1 saturated heterocycles. The van der Waals surface area contributed by atoms with E-state index in [1.807, 2.05) is 32.0 Å². The molecule has 6 nitrogen and oxygen atoms in total. The molecule has 2 amide bonds. The number of piperidine rings is 1. The number of likely N-dealkylation sites (tertiary alicyclic amines) is 1. The second-order valence-electron chi connectivity index (χ2n) is 6.74. The van der Waals surface area contributed by atoms with E-state index in [0.29, 0.717) is 31.6 Å². The van der Waals surface area contributed by atoms with Gasteiger partial charge in [0.15, 0.2) is 0 Å². The Bertz CT molecular complexity index is 753. The van der Waals surface area contributed by atoms with Gasteiger partial charge < -0.3 is 10.2 Å². The second kappa shape index (κ2) is 8.08. The van der Waals surface area contributed by atoms with Gasteiger partial charge in [-0.3, -0.25) is 19.6 Å². The summed E-state index contributed by atoms with van der Waals surface area (Å²) in [6.45, 7) is 5.05. The van der Waals surface area contributed by atoms with Crippen LogP contribution in [0.2, 0.25) is 0 Å². The standard InChI is InChI=1S/C20H24N4O2/c1-14-6-7-17(13-22-14)15(2)23-19(25)16-8-11-24(12-9-16)20(26)18-5-3-4-10-21-18/h3-7,10,13,15-16H,8-9,11-12H2,1-2H3,(H,23,25). The molecule has 3 rings (SSSR count). The quantitative estimate of drug-likeness (QED) is 0.917. The van der Waals surface area contributed by atoms with Gasteiger partial charge in [-0.15, -0.1) is 0 Å². The van der Waals surface area contributed by atoms with E-state index in [1.54, 1.807) is 29.4 Å². The summed E-state index contributed by atoms with van der Waals surface area (Å²) in [5.74, 6) is -0.0878. The summed E-state index contributed by atoms with van der Waals surface area (Å²) in [7, 11) is 0. The average molecular weight is 352 g/mol. The number of carbonyl (C=O) groups excluding carboxylic acids is 2. The lowest BCUT2D eigenvalue weighted by atomic mass is 9.95. The lowest BCUT2D eigenvalue weighted by molar-refractivity contribution is -0.127. The predicted octanol–water partition coefficient (Wildman–Crippen LogP) is 2.51. The van der Waals surface area contributed by atoms with Gasteiger partial charge in [0.1, 0.15) is 5.69 Å². The van der Waals surface area contributed by atoms with Crippen LogP contribution in [0, 0.1) is 12.8 Å². The van der Waals surface area contributed by atoms with Crippen molar-refractivity contribution in [3.63, 3.8) is 0 Å². The molecule has 0 aromatic carbocycles. The van der Waals surface area contributed by atoms with Crippen molar-refractivity contribution < 1.29 is 9.59 Å². The molecule has 0 spiro atoms. The van der Waals surface area contributed by atoms with E-state index < -0.39 is 0 Å². The van der Waals surface area contributed by atoms with E-state index in [4.69, 9.17) is 0 Å². The van der Waals surface area contributed by atoms with Gasteiger partial charge in [-0.05, 0) is 50.5 Å². The van der Waals surface area contributed by atoms with Gasteiger partial charge in [-0.1, -0.05) is 12.1 Å². The number of amides is 2. The summed E-state index contributed by atoms with van der Waals surface area (Å²) in [6.07, 6.45) is 4.76. The molecule has 136 valence electrons. The second-order valence-corrected chi connectivity index (χ2v) is 6.74. The fraction of sp³-hybridized carbons (Fsp3) is 0.400. The van der Waals surface area contributed by atoms with Gasteiger partial charge in [-0.2, -0.15) is 0 Å². The molecule has 2 aromatic heterocycles. The van der Waals surface area contributed by atoms with Crippen molar-refractivity contribution in [3.8, 4) is 0 Å². The summed E-state index contributed by atoms with van der Waals surface area (Å²) >= 11 is 0.